The van der Waals surface area contributed by atoms with Crippen LogP contribution in [0.5, 0.6) is 0 Å². The van der Waals surface area contributed by atoms with Crippen LogP contribution in [-0.2, 0) is 16.0 Å². The van der Waals surface area contributed by atoms with E-state index in [-0.39, 0.29) is 17.7 Å². The van der Waals surface area contributed by atoms with Crippen molar-refractivity contribution < 1.29 is 9.59 Å². The minimum absolute atomic E-state index is 0.00915. The summed E-state index contributed by atoms with van der Waals surface area (Å²) in [6, 6.07) is 15.9. The van der Waals surface area contributed by atoms with Gasteiger partial charge in [0.05, 0.1) is 0 Å². The Bertz CT molecular complexity index is 850. The fraction of sp³-hybridized carbons (Fsp3) is 0.333. The van der Waals surface area contributed by atoms with Gasteiger partial charge >= 0.3 is 0 Å². The highest BCUT2D eigenvalue weighted by molar-refractivity contribution is 5.95. The molecule has 0 bridgehead atoms. The first-order valence-electron chi connectivity index (χ1n) is 10.00. The van der Waals surface area contributed by atoms with Gasteiger partial charge in [-0.05, 0) is 49.0 Å². The van der Waals surface area contributed by atoms with Crippen molar-refractivity contribution in [3.63, 3.8) is 0 Å². The highest BCUT2D eigenvalue weighted by atomic mass is 16.2. The highest BCUT2D eigenvalue weighted by Crippen LogP contribution is 2.24. The van der Waals surface area contributed by atoms with Crippen LogP contribution in [0.3, 0.4) is 0 Å². The number of amides is 2. The minimum atomic E-state index is -0.0496. The Morgan fingerprint density at radius 2 is 1.79 bits per heavy atom. The lowest BCUT2D eigenvalue weighted by Crippen LogP contribution is -2.40. The zero-order valence-corrected chi connectivity index (χ0v) is 16.7. The SMILES string of the molecule is CCc1cccc(C)c1NC(=O)C1CCN(C(=O)/C=C/c2ccccc2)CC1. The first-order chi connectivity index (χ1) is 13.6. The second kappa shape index (κ2) is 9.36. The second-order valence-corrected chi connectivity index (χ2v) is 7.30. The van der Waals surface area contributed by atoms with Crippen LogP contribution in [0.4, 0.5) is 5.69 Å². The molecular formula is C24H28N2O2. The number of aryl methyl sites for hydroxylation is 2. The van der Waals surface area contributed by atoms with Crippen LogP contribution < -0.4 is 5.32 Å². The van der Waals surface area contributed by atoms with E-state index in [0.29, 0.717) is 25.9 Å². The summed E-state index contributed by atoms with van der Waals surface area (Å²) in [4.78, 5) is 27.0. The van der Waals surface area contributed by atoms with Gasteiger partial charge in [-0.15, -0.1) is 0 Å². The molecule has 2 aromatic carbocycles. The number of carbonyl (C=O) groups excluding carboxylic acids is 2. The van der Waals surface area contributed by atoms with Crippen molar-refractivity contribution in [3.8, 4) is 0 Å². The molecule has 1 saturated heterocycles. The lowest BCUT2D eigenvalue weighted by Gasteiger charge is -2.31. The van der Waals surface area contributed by atoms with Gasteiger partial charge in [-0.2, -0.15) is 0 Å². The third kappa shape index (κ3) is 4.89. The maximum atomic E-state index is 12.7. The van der Waals surface area contributed by atoms with Crippen molar-refractivity contribution >= 4 is 23.6 Å². The van der Waals surface area contributed by atoms with E-state index < -0.39 is 0 Å². The molecule has 3 rings (SSSR count). The molecule has 0 spiro atoms. The van der Waals surface area contributed by atoms with Crippen molar-refractivity contribution in [1.29, 1.82) is 0 Å². The third-order valence-corrected chi connectivity index (χ3v) is 5.38. The fourth-order valence-electron chi connectivity index (χ4n) is 3.63. The molecule has 0 unspecified atom stereocenters. The van der Waals surface area contributed by atoms with Gasteiger partial charge in [-0.1, -0.05) is 55.5 Å². The monoisotopic (exact) mass is 376 g/mol. The van der Waals surface area contributed by atoms with Gasteiger partial charge < -0.3 is 10.2 Å². The van der Waals surface area contributed by atoms with Crippen molar-refractivity contribution in [2.75, 3.05) is 18.4 Å². The van der Waals surface area contributed by atoms with Crippen LogP contribution in [0.25, 0.3) is 6.08 Å². The highest BCUT2D eigenvalue weighted by Gasteiger charge is 2.27. The number of nitrogens with zero attached hydrogens (tertiary/aromatic N) is 1. The average molecular weight is 377 g/mol. The zero-order valence-electron chi connectivity index (χ0n) is 16.7. The molecule has 1 aliphatic rings. The molecule has 1 N–H and O–H groups in total. The number of nitrogens with one attached hydrogen (secondary N) is 1. The van der Waals surface area contributed by atoms with Gasteiger partial charge in [-0.25, -0.2) is 0 Å². The van der Waals surface area contributed by atoms with Crippen molar-refractivity contribution in [3.05, 3.63) is 71.3 Å². The number of carbonyl (C=O) groups is 2. The molecule has 4 heteroatoms. The number of hydrogen-bond donors (Lipinski definition) is 1. The molecule has 2 aromatic rings. The van der Waals surface area contributed by atoms with Gasteiger partial charge in [-0.3, -0.25) is 9.59 Å². The predicted molar refractivity (Wildman–Crippen MR) is 114 cm³/mol. The first kappa shape index (κ1) is 19.9. The maximum absolute atomic E-state index is 12.7. The molecule has 0 saturated carbocycles. The topological polar surface area (TPSA) is 49.4 Å². The molecule has 1 aliphatic heterocycles. The van der Waals surface area contributed by atoms with Crippen molar-refractivity contribution in [1.82, 2.24) is 4.90 Å². The second-order valence-electron chi connectivity index (χ2n) is 7.30. The van der Waals surface area contributed by atoms with E-state index in [1.807, 2.05) is 60.4 Å². The molecule has 0 aromatic heterocycles. The van der Waals surface area contributed by atoms with Gasteiger partial charge in [0.15, 0.2) is 0 Å². The molecule has 1 fully saturated rings. The number of hydrogen-bond acceptors (Lipinski definition) is 2. The molecule has 0 atom stereocenters. The Balaban J connectivity index is 1.54. The molecule has 0 aliphatic carbocycles. The van der Waals surface area contributed by atoms with E-state index in [0.717, 1.165) is 28.8 Å². The summed E-state index contributed by atoms with van der Waals surface area (Å²) in [6.45, 7) is 5.35. The summed E-state index contributed by atoms with van der Waals surface area (Å²) in [5.74, 6) is 0.0253. The van der Waals surface area contributed by atoms with Crippen LogP contribution in [0.1, 0.15) is 36.5 Å². The summed E-state index contributed by atoms with van der Waals surface area (Å²) < 4.78 is 0. The number of para-hydroxylation sites is 1. The molecular weight excluding hydrogens is 348 g/mol. The Hall–Kier alpha value is -2.88. The summed E-state index contributed by atoms with van der Waals surface area (Å²) in [6.07, 6.45) is 5.74. The smallest absolute Gasteiger partial charge is 0.246 e. The fourth-order valence-corrected chi connectivity index (χ4v) is 3.63. The van der Waals surface area contributed by atoms with Crippen LogP contribution in [-0.4, -0.2) is 29.8 Å². The Labute approximate surface area is 167 Å². The Morgan fingerprint density at radius 3 is 2.46 bits per heavy atom. The van der Waals surface area contributed by atoms with E-state index in [4.69, 9.17) is 0 Å². The van der Waals surface area contributed by atoms with Gasteiger partial charge in [0, 0.05) is 30.8 Å². The third-order valence-electron chi connectivity index (χ3n) is 5.38. The van der Waals surface area contributed by atoms with E-state index in [2.05, 4.69) is 18.3 Å². The Morgan fingerprint density at radius 1 is 1.07 bits per heavy atom. The van der Waals surface area contributed by atoms with Crippen LogP contribution in [0, 0.1) is 12.8 Å². The maximum Gasteiger partial charge on any atom is 0.246 e. The van der Waals surface area contributed by atoms with E-state index in [9.17, 15) is 9.59 Å². The van der Waals surface area contributed by atoms with Crippen molar-refractivity contribution in [2.45, 2.75) is 33.1 Å². The normalized spacial score (nSPS) is 15.0. The van der Waals surface area contributed by atoms with Crippen LogP contribution >= 0.6 is 0 Å². The van der Waals surface area contributed by atoms with E-state index in [1.54, 1.807) is 6.08 Å². The van der Waals surface area contributed by atoms with Crippen LogP contribution in [0.2, 0.25) is 0 Å². The van der Waals surface area contributed by atoms with Crippen molar-refractivity contribution in [2.24, 2.45) is 5.92 Å². The van der Waals surface area contributed by atoms with E-state index >= 15 is 0 Å². The molecule has 28 heavy (non-hydrogen) atoms. The first-order valence-corrected chi connectivity index (χ1v) is 10.00. The number of rotatable bonds is 5. The number of anilines is 1. The molecule has 1 heterocycles. The molecule has 146 valence electrons. The van der Waals surface area contributed by atoms with Crippen LogP contribution in [0.15, 0.2) is 54.6 Å². The average Bonchev–Trinajstić information content (AvgIpc) is 2.74. The largest absolute Gasteiger partial charge is 0.339 e. The molecule has 0 radical (unpaired) electrons. The van der Waals surface area contributed by atoms with Gasteiger partial charge in [0.2, 0.25) is 11.8 Å². The standard InChI is InChI=1S/C24H28N2O2/c1-3-20-11-7-8-18(2)23(20)25-24(28)21-14-16-26(17-15-21)22(27)13-12-19-9-5-4-6-10-19/h4-13,21H,3,14-17H2,1-2H3,(H,25,28)/b13-12+. The number of benzene rings is 2. The lowest BCUT2D eigenvalue weighted by atomic mass is 9.95. The molecule has 4 nitrogen and oxygen atoms in total. The van der Waals surface area contributed by atoms with Gasteiger partial charge in [0.25, 0.3) is 0 Å². The summed E-state index contributed by atoms with van der Waals surface area (Å²) in [5, 5.41) is 3.13. The predicted octanol–water partition coefficient (Wildman–Crippen LogP) is 4.45. The summed E-state index contributed by atoms with van der Waals surface area (Å²) in [5.41, 5.74) is 4.20. The minimum Gasteiger partial charge on any atom is -0.339 e. The zero-order chi connectivity index (χ0) is 19.9. The molecule has 2 amide bonds. The van der Waals surface area contributed by atoms with Gasteiger partial charge in [0.1, 0.15) is 0 Å². The van der Waals surface area contributed by atoms with E-state index in [1.165, 1.54) is 0 Å². The summed E-state index contributed by atoms with van der Waals surface area (Å²) >= 11 is 0. The number of piperidine rings is 1. The number of likely N-dealkylation sites (tertiary alicyclic amines) is 1. The summed E-state index contributed by atoms with van der Waals surface area (Å²) in [7, 11) is 0. The quantitative estimate of drug-likeness (QED) is 0.784. The Kier molecular flexibility index (Phi) is 6.64. The lowest BCUT2D eigenvalue weighted by molar-refractivity contribution is -0.130.